The summed E-state index contributed by atoms with van der Waals surface area (Å²) in [4.78, 5) is 21.6. The predicted octanol–water partition coefficient (Wildman–Crippen LogP) is 2.75. The Morgan fingerprint density at radius 1 is 1.22 bits per heavy atom. The van der Waals surface area contributed by atoms with Crippen LogP contribution in [-0.4, -0.2) is 80.1 Å². The third-order valence-corrected chi connectivity index (χ3v) is 7.10. The molecule has 4 aliphatic rings. The van der Waals surface area contributed by atoms with Gasteiger partial charge in [-0.15, -0.1) is 0 Å². The van der Waals surface area contributed by atoms with Gasteiger partial charge in [0.1, 0.15) is 5.92 Å². The van der Waals surface area contributed by atoms with Gasteiger partial charge in [0.05, 0.1) is 6.61 Å². The number of rotatable bonds is 7. The second-order valence-corrected chi connectivity index (χ2v) is 9.20. The SMILES string of the molecule is COCCC(=O)N[C@H]1CC[C@H](CCN2CCN(C3=NOC4C=CC(F)=C(F)C34)CC2)CC1. The summed E-state index contributed by atoms with van der Waals surface area (Å²) in [6.45, 7) is 4.75. The summed E-state index contributed by atoms with van der Waals surface area (Å²) < 4.78 is 33.0. The fourth-order valence-corrected chi connectivity index (χ4v) is 5.10. The third kappa shape index (κ3) is 5.49. The number of hydrogen-bond acceptors (Lipinski definition) is 6. The lowest BCUT2D eigenvalue weighted by Crippen LogP contribution is -2.51. The first-order valence-electron chi connectivity index (χ1n) is 11.8. The topological polar surface area (TPSA) is 66.4 Å². The van der Waals surface area contributed by atoms with Crippen molar-refractivity contribution >= 4 is 11.7 Å². The Morgan fingerprint density at radius 3 is 2.69 bits per heavy atom. The van der Waals surface area contributed by atoms with Gasteiger partial charge in [-0.2, -0.15) is 0 Å². The molecule has 0 bridgehead atoms. The number of allylic oxidation sites excluding steroid dienone is 2. The van der Waals surface area contributed by atoms with Crippen LogP contribution in [0.15, 0.2) is 29.0 Å². The number of ether oxygens (including phenoxy) is 1. The van der Waals surface area contributed by atoms with Crippen LogP contribution in [0.3, 0.4) is 0 Å². The van der Waals surface area contributed by atoms with Crippen LogP contribution < -0.4 is 5.32 Å². The van der Waals surface area contributed by atoms with E-state index < -0.39 is 23.7 Å². The van der Waals surface area contributed by atoms with Crippen LogP contribution in [-0.2, 0) is 14.4 Å². The number of hydrogen-bond donors (Lipinski definition) is 1. The zero-order valence-corrected chi connectivity index (χ0v) is 18.8. The lowest BCUT2D eigenvalue weighted by molar-refractivity contribution is -0.122. The monoisotopic (exact) mass is 452 g/mol. The molecule has 7 nitrogen and oxygen atoms in total. The van der Waals surface area contributed by atoms with E-state index in [0.29, 0.717) is 30.8 Å². The third-order valence-electron chi connectivity index (χ3n) is 7.10. The summed E-state index contributed by atoms with van der Waals surface area (Å²) >= 11 is 0. The minimum atomic E-state index is -0.827. The molecule has 1 saturated heterocycles. The Kier molecular flexibility index (Phi) is 7.78. The molecule has 0 aromatic heterocycles. The van der Waals surface area contributed by atoms with Crippen LogP contribution in [0.5, 0.6) is 0 Å². The highest BCUT2D eigenvalue weighted by molar-refractivity contribution is 5.89. The molecule has 0 radical (unpaired) electrons. The molecular formula is C23H34F2N4O3. The zero-order valence-electron chi connectivity index (χ0n) is 18.8. The average Bonchev–Trinajstić information content (AvgIpc) is 3.25. The van der Waals surface area contributed by atoms with Crippen molar-refractivity contribution in [1.82, 2.24) is 15.1 Å². The van der Waals surface area contributed by atoms with Gasteiger partial charge in [-0.3, -0.25) is 9.69 Å². The predicted molar refractivity (Wildman–Crippen MR) is 117 cm³/mol. The number of halogens is 2. The van der Waals surface area contributed by atoms with Gasteiger partial charge in [-0.1, -0.05) is 5.16 Å². The van der Waals surface area contributed by atoms with E-state index in [1.807, 2.05) is 4.90 Å². The Hall–Kier alpha value is -2.00. The molecule has 2 aliphatic heterocycles. The number of nitrogens with one attached hydrogen (secondary N) is 1. The average molecular weight is 453 g/mol. The van der Waals surface area contributed by atoms with Crippen molar-refractivity contribution in [3.05, 3.63) is 23.8 Å². The van der Waals surface area contributed by atoms with E-state index in [1.54, 1.807) is 7.11 Å². The van der Waals surface area contributed by atoms with Crippen molar-refractivity contribution < 1.29 is 23.1 Å². The van der Waals surface area contributed by atoms with Crippen molar-refractivity contribution in [2.75, 3.05) is 46.4 Å². The highest BCUT2D eigenvalue weighted by Crippen LogP contribution is 2.35. The molecule has 1 amide bonds. The second kappa shape index (κ2) is 10.7. The van der Waals surface area contributed by atoms with Crippen molar-refractivity contribution in [2.45, 2.75) is 50.7 Å². The fraction of sp³-hybridized carbons (Fsp3) is 0.739. The van der Waals surface area contributed by atoms with E-state index in [1.165, 1.54) is 6.08 Å². The Labute approximate surface area is 188 Å². The van der Waals surface area contributed by atoms with Crippen molar-refractivity contribution in [3.8, 4) is 0 Å². The number of nitrogens with zero attached hydrogens (tertiary/aromatic N) is 3. The lowest BCUT2D eigenvalue weighted by atomic mass is 9.84. The van der Waals surface area contributed by atoms with Crippen molar-refractivity contribution in [3.63, 3.8) is 0 Å². The number of piperazine rings is 1. The molecule has 1 saturated carbocycles. The fourth-order valence-electron chi connectivity index (χ4n) is 5.10. The molecule has 1 N–H and O–H groups in total. The van der Waals surface area contributed by atoms with Crippen LogP contribution in [0.25, 0.3) is 0 Å². The largest absolute Gasteiger partial charge is 0.386 e. The Balaban J connectivity index is 1.15. The molecule has 0 spiro atoms. The quantitative estimate of drug-likeness (QED) is 0.644. The van der Waals surface area contributed by atoms with Gasteiger partial charge in [0.2, 0.25) is 5.91 Å². The molecule has 2 aliphatic carbocycles. The minimum Gasteiger partial charge on any atom is -0.386 e. The summed E-state index contributed by atoms with van der Waals surface area (Å²) in [5.74, 6) is -1.06. The first-order valence-corrected chi connectivity index (χ1v) is 11.8. The molecule has 32 heavy (non-hydrogen) atoms. The highest BCUT2D eigenvalue weighted by Gasteiger charge is 2.43. The molecule has 2 unspecified atom stereocenters. The number of carbonyl (C=O) groups excluding carboxylic acids is 1. The smallest absolute Gasteiger partial charge is 0.222 e. The Bertz CT molecular complexity index is 756. The number of carbonyl (C=O) groups is 1. The van der Waals surface area contributed by atoms with Gasteiger partial charge in [-0.25, -0.2) is 8.78 Å². The van der Waals surface area contributed by atoms with E-state index in [0.717, 1.165) is 70.9 Å². The van der Waals surface area contributed by atoms with Crippen molar-refractivity contribution in [1.29, 1.82) is 0 Å². The van der Waals surface area contributed by atoms with Crippen LogP contribution in [0.1, 0.15) is 38.5 Å². The standard InChI is InChI=1S/C23H34F2N4O3/c1-31-15-9-20(30)26-17-4-2-16(3-5-17)8-10-28-11-13-29(14-12-28)23-21-19(32-27-23)7-6-18(24)22(21)25/h6-7,16-17,19,21H,2-5,8-15H2,1H3,(H,26,30)/t16-,17-,19?,21?. The van der Waals surface area contributed by atoms with E-state index in [9.17, 15) is 13.6 Å². The van der Waals surface area contributed by atoms with Gasteiger partial charge >= 0.3 is 0 Å². The summed E-state index contributed by atoms with van der Waals surface area (Å²) in [7, 11) is 1.61. The lowest BCUT2D eigenvalue weighted by Gasteiger charge is -2.38. The molecule has 2 atom stereocenters. The number of amidine groups is 1. The first kappa shape index (κ1) is 23.2. The maximum Gasteiger partial charge on any atom is 0.222 e. The second-order valence-electron chi connectivity index (χ2n) is 9.20. The van der Waals surface area contributed by atoms with E-state index in [-0.39, 0.29) is 5.91 Å². The van der Waals surface area contributed by atoms with E-state index >= 15 is 0 Å². The Morgan fingerprint density at radius 2 is 1.97 bits per heavy atom. The molecule has 2 fully saturated rings. The van der Waals surface area contributed by atoms with Crippen LogP contribution in [0, 0.1) is 11.8 Å². The summed E-state index contributed by atoms with van der Waals surface area (Å²) in [5.41, 5.74) is 0. The van der Waals surface area contributed by atoms with Gasteiger partial charge < -0.3 is 19.8 Å². The molecule has 2 heterocycles. The van der Waals surface area contributed by atoms with Gasteiger partial charge in [0.25, 0.3) is 0 Å². The highest BCUT2D eigenvalue weighted by atomic mass is 19.2. The summed E-state index contributed by atoms with van der Waals surface area (Å²) in [6.07, 6.45) is 8.10. The maximum atomic E-state index is 14.3. The van der Waals surface area contributed by atoms with Gasteiger partial charge in [0.15, 0.2) is 23.6 Å². The summed E-state index contributed by atoms with van der Waals surface area (Å²) in [5, 5.41) is 7.20. The maximum absolute atomic E-state index is 14.3. The normalized spacial score (nSPS) is 30.7. The van der Waals surface area contributed by atoms with Crippen molar-refractivity contribution in [2.24, 2.45) is 17.0 Å². The number of amides is 1. The molecular weight excluding hydrogens is 418 g/mol. The molecule has 0 aromatic rings. The van der Waals surface area contributed by atoms with Crippen LogP contribution in [0.2, 0.25) is 0 Å². The minimum absolute atomic E-state index is 0.0825. The molecule has 0 aromatic carbocycles. The molecule has 9 heteroatoms. The van der Waals surface area contributed by atoms with Crippen LogP contribution in [0.4, 0.5) is 8.78 Å². The van der Waals surface area contributed by atoms with Crippen LogP contribution >= 0.6 is 0 Å². The van der Waals surface area contributed by atoms with E-state index in [4.69, 9.17) is 9.57 Å². The van der Waals surface area contributed by atoms with Gasteiger partial charge in [0, 0.05) is 45.8 Å². The zero-order chi connectivity index (χ0) is 22.5. The first-order chi connectivity index (χ1) is 15.5. The number of methoxy groups -OCH3 is 1. The number of fused-ring (bicyclic) bond motifs is 1. The van der Waals surface area contributed by atoms with Gasteiger partial charge in [-0.05, 0) is 56.7 Å². The van der Waals surface area contributed by atoms with E-state index in [2.05, 4.69) is 15.4 Å². The molecule has 178 valence electrons. The summed E-state index contributed by atoms with van der Waals surface area (Å²) in [6, 6.07) is 0.297. The molecule has 4 rings (SSSR count). The number of oxime groups is 1.